The minimum atomic E-state index is -0.218. The summed E-state index contributed by atoms with van der Waals surface area (Å²) in [5.74, 6) is 1.17. The lowest BCUT2D eigenvalue weighted by Crippen LogP contribution is -2.24. The van der Waals surface area contributed by atoms with Crippen LogP contribution in [0.2, 0.25) is 0 Å². The third kappa shape index (κ3) is 4.58. The molecule has 0 saturated heterocycles. The smallest absolute Gasteiger partial charge is 0.237 e. The van der Waals surface area contributed by atoms with Gasteiger partial charge >= 0.3 is 0 Å². The molecule has 0 aromatic heterocycles. The van der Waals surface area contributed by atoms with Crippen LogP contribution in [0.1, 0.15) is 13.3 Å². The SMILES string of the molecule is CCC(Sc1ccc(N)cc1)C(=O)Nc1cc(OC)ccc1OC. The Labute approximate surface area is 146 Å². The van der Waals surface area contributed by atoms with Gasteiger partial charge in [0.1, 0.15) is 11.5 Å². The first-order valence-corrected chi connectivity index (χ1v) is 8.50. The number of anilines is 2. The fraction of sp³-hybridized carbons (Fsp3) is 0.278. The van der Waals surface area contributed by atoms with Crippen molar-refractivity contribution in [1.82, 2.24) is 0 Å². The fourth-order valence-electron chi connectivity index (χ4n) is 2.16. The number of thioether (sulfide) groups is 1. The van der Waals surface area contributed by atoms with Crippen LogP contribution in [0.4, 0.5) is 11.4 Å². The number of rotatable bonds is 7. The molecule has 24 heavy (non-hydrogen) atoms. The minimum absolute atomic E-state index is 0.0779. The van der Waals surface area contributed by atoms with Gasteiger partial charge in [-0.25, -0.2) is 0 Å². The van der Waals surface area contributed by atoms with Crippen molar-refractivity contribution >= 4 is 29.0 Å². The maximum Gasteiger partial charge on any atom is 0.237 e. The molecular weight excluding hydrogens is 324 g/mol. The first kappa shape index (κ1) is 18.0. The largest absolute Gasteiger partial charge is 0.497 e. The Hall–Kier alpha value is -2.34. The molecule has 0 radical (unpaired) electrons. The van der Waals surface area contributed by atoms with Crippen molar-refractivity contribution in [2.45, 2.75) is 23.5 Å². The van der Waals surface area contributed by atoms with E-state index in [1.54, 1.807) is 32.4 Å². The van der Waals surface area contributed by atoms with E-state index in [0.29, 0.717) is 29.3 Å². The highest BCUT2D eigenvalue weighted by atomic mass is 32.2. The van der Waals surface area contributed by atoms with Gasteiger partial charge in [0, 0.05) is 16.6 Å². The van der Waals surface area contributed by atoms with Crippen LogP contribution in [0.15, 0.2) is 47.4 Å². The number of carbonyl (C=O) groups excluding carboxylic acids is 1. The summed E-state index contributed by atoms with van der Waals surface area (Å²) in [6, 6.07) is 12.8. The molecule has 128 valence electrons. The van der Waals surface area contributed by atoms with E-state index in [2.05, 4.69) is 5.32 Å². The zero-order chi connectivity index (χ0) is 17.5. The van der Waals surface area contributed by atoms with E-state index in [4.69, 9.17) is 15.2 Å². The van der Waals surface area contributed by atoms with Gasteiger partial charge in [0.05, 0.1) is 25.2 Å². The number of nitrogen functional groups attached to an aromatic ring is 1. The second kappa shape index (κ2) is 8.49. The third-order valence-corrected chi connectivity index (χ3v) is 4.86. The number of nitrogens with two attached hydrogens (primary N) is 1. The summed E-state index contributed by atoms with van der Waals surface area (Å²) in [6.45, 7) is 1.98. The molecule has 3 N–H and O–H groups in total. The molecule has 2 aromatic carbocycles. The molecule has 0 aliphatic heterocycles. The van der Waals surface area contributed by atoms with Gasteiger partial charge in [-0.3, -0.25) is 4.79 Å². The molecule has 0 bridgehead atoms. The van der Waals surface area contributed by atoms with Crippen molar-refractivity contribution in [3.8, 4) is 11.5 Å². The topological polar surface area (TPSA) is 73.6 Å². The highest BCUT2D eigenvalue weighted by molar-refractivity contribution is 8.00. The molecule has 1 amide bonds. The Morgan fingerprint density at radius 1 is 1.17 bits per heavy atom. The van der Waals surface area contributed by atoms with Gasteiger partial charge in [0.15, 0.2) is 0 Å². The van der Waals surface area contributed by atoms with E-state index in [1.807, 2.05) is 31.2 Å². The van der Waals surface area contributed by atoms with Gasteiger partial charge in [-0.05, 0) is 42.8 Å². The number of ether oxygens (including phenoxy) is 2. The standard InChI is InChI=1S/C18H22N2O3S/c1-4-17(24-14-8-5-12(19)6-9-14)18(21)20-15-11-13(22-2)7-10-16(15)23-3/h5-11,17H,4,19H2,1-3H3,(H,20,21). The molecule has 0 fully saturated rings. The van der Waals surface area contributed by atoms with E-state index >= 15 is 0 Å². The zero-order valence-electron chi connectivity index (χ0n) is 14.0. The highest BCUT2D eigenvalue weighted by Gasteiger charge is 2.19. The van der Waals surface area contributed by atoms with Crippen LogP contribution in [-0.2, 0) is 4.79 Å². The number of nitrogens with one attached hydrogen (secondary N) is 1. The molecule has 0 aliphatic rings. The predicted octanol–water partition coefficient (Wildman–Crippen LogP) is 3.80. The number of carbonyl (C=O) groups is 1. The lowest BCUT2D eigenvalue weighted by molar-refractivity contribution is -0.115. The third-order valence-electron chi connectivity index (χ3n) is 3.49. The van der Waals surface area contributed by atoms with Crippen LogP contribution in [0.5, 0.6) is 11.5 Å². The van der Waals surface area contributed by atoms with Crippen LogP contribution in [-0.4, -0.2) is 25.4 Å². The lowest BCUT2D eigenvalue weighted by atomic mass is 10.2. The summed E-state index contributed by atoms with van der Waals surface area (Å²) in [5, 5.41) is 2.71. The summed E-state index contributed by atoms with van der Waals surface area (Å²) in [7, 11) is 3.15. The van der Waals surface area contributed by atoms with Crippen molar-refractivity contribution in [3.05, 3.63) is 42.5 Å². The van der Waals surface area contributed by atoms with Crippen LogP contribution in [0.3, 0.4) is 0 Å². The van der Waals surface area contributed by atoms with Crippen LogP contribution < -0.4 is 20.5 Å². The molecule has 1 unspecified atom stereocenters. The number of methoxy groups -OCH3 is 2. The van der Waals surface area contributed by atoms with Crippen LogP contribution in [0.25, 0.3) is 0 Å². The Kier molecular flexibility index (Phi) is 6.37. The molecule has 2 aromatic rings. The number of hydrogen-bond donors (Lipinski definition) is 2. The normalized spacial score (nSPS) is 11.6. The molecule has 6 heteroatoms. The van der Waals surface area contributed by atoms with E-state index < -0.39 is 0 Å². The minimum Gasteiger partial charge on any atom is -0.497 e. The summed E-state index contributed by atoms with van der Waals surface area (Å²) in [6.07, 6.45) is 0.702. The number of amides is 1. The number of hydrogen-bond acceptors (Lipinski definition) is 5. The molecule has 2 rings (SSSR count). The van der Waals surface area contributed by atoms with Crippen molar-refractivity contribution in [2.75, 3.05) is 25.3 Å². The molecule has 0 aliphatic carbocycles. The molecular formula is C18H22N2O3S. The van der Waals surface area contributed by atoms with Crippen LogP contribution in [0, 0.1) is 0 Å². The lowest BCUT2D eigenvalue weighted by Gasteiger charge is -2.17. The quantitative estimate of drug-likeness (QED) is 0.589. The summed E-state index contributed by atoms with van der Waals surface area (Å²) < 4.78 is 10.5. The summed E-state index contributed by atoms with van der Waals surface area (Å²) in [5.41, 5.74) is 7.00. The van der Waals surface area contributed by atoms with Crippen LogP contribution >= 0.6 is 11.8 Å². The van der Waals surface area contributed by atoms with E-state index in [9.17, 15) is 4.79 Å². The van der Waals surface area contributed by atoms with Crippen molar-refractivity contribution < 1.29 is 14.3 Å². The van der Waals surface area contributed by atoms with Crippen molar-refractivity contribution in [1.29, 1.82) is 0 Å². The van der Waals surface area contributed by atoms with Gasteiger partial charge < -0.3 is 20.5 Å². The summed E-state index contributed by atoms with van der Waals surface area (Å²) in [4.78, 5) is 13.6. The Morgan fingerprint density at radius 2 is 1.88 bits per heavy atom. The Balaban J connectivity index is 2.12. The van der Waals surface area contributed by atoms with Gasteiger partial charge in [-0.15, -0.1) is 11.8 Å². The molecule has 1 atom stereocenters. The molecule has 0 saturated carbocycles. The van der Waals surface area contributed by atoms with Gasteiger partial charge in [0.2, 0.25) is 5.91 Å². The monoisotopic (exact) mass is 346 g/mol. The van der Waals surface area contributed by atoms with E-state index in [-0.39, 0.29) is 11.2 Å². The predicted molar refractivity (Wildman–Crippen MR) is 99.0 cm³/mol. The van der Waals surface area contributed by atoms with Gasteiger partial charge in [-0.2, -0.15) is 0 Å². The first-order chi connectivity index (χ1) is 11.6. The second-order valence-corrected chi connectivity index (χ2v) is 6.42. The Bertz CT molecular complexity index is 689. The maximum atomic E-state index is 12.6. The van der Waals surface area contributed by atoms with Gasteiger partial charge in [0.25, 0.3) is 0 Å². The fourth-order valence-corrected chi connectivity index (χ4v) is 3.11. The first-order valence-electron chi connectivity index (χ1n) is 7.62. The second-order valence-electron chi connectivity index (χ2n) is 5.14. The molecule has 0 heterocycles. The molecule has 5 nitrogen and oxygen atoms in total. The summed E-state index contributed by atoms with van der Waals surface area (Å²) >= 11 is 1.51. The van der Waals surface area contributed by atoms with E-state index in [0.717, 1.165) is 4.90 Å². The molecule has 0 spiro atoms. The average molecular weight is 346 g/mol. The van der Waals surface area contributed by atoms with Crippen molar-refractivity contribution in [3.63, 3.8) is 0 Å². The van der Waals surface area contributed by atoms with Gasteiger partial charge in [-0.1, -0.05) is 6.92 Å². The number of benzene rings is 2. The van der Waals surface area contributed by atoms with Crippen molar-refractivity contribution in [2.24, 2.45) is 0 Å². The maximum absolute atomic E-state index is 12.6. The highest BCUT2D eigenvalue weighted by Crippen LogP contribution is 2.31. The average Bonchev–Trinajstić information content (AvgIpc) is 2.61. The zero-order valence-corrected chi connectivity index (χ0v) is 14.9. The van der Waals surface area contributed by atoms with E-state index in [1.165, 1.54) is 11.8 Å². The Morgan fingerprint density at radius 3 is 2.46 bits per heavy atom.